The zero-order valence-electron chi connectivity index (χ0n) is 54.1. The van der Waals surface area contributed by atoms with Crippen LogP contribution >= 0.6 is 7.82 Å². The number of ether oxygens (including phenoxy) is 3. The number of fused-ring (bicyclic) bond motifs is 3. The van der Waals surface area contributed by atoms with E-state index < -0.39 is 182 Å². The predicted octanol–water partition coefficient (Wildman–Crippen LogP) is 5.20. The van der Waals surface area contributed by atoms with Crippen molar-refractivity contribution in [1.29, 1.82) is 15.8 Å². The first-order valence-electron chi connectivity index (χ1n) is 31.1. The number of hydrogen-bond donors (Lipinski definition) is 9. The molecular weight excluding hydrogens is 1340 g/mol. The maximum Gasteiger partial charge on any atom is 0.647 e. The fourth-order valence-electron chi connectivity index (χ4n) is 13.8. The minimum absolute atomic E-state index is 0.0197. The number of nitro groups is 3. The van der Waals surface area contributed by atoms with Crippen molar-refractivity contribution < 1.29 is 77.8 Å². The molecule has 9 aromatic rings. The Morgan fingerprint density at radius 2 is 0.743 bits per heavy atom. The Morgan fingerprint density at radius 1 is 0.485 bits per heavy atom. The molecule has 37 nitrogen and oxygen atoms in total. The van der Waals surface area contributed by atoms with Gasteiger partial charge in [0.15, 0.2) is 34.3 Å². The van der Waals surface area contributed by atoms with Crippen LogP contribution in [0.3, 0.4) is 0 Å². The van der Waals surface area contributed by atoms with Crippen LogP contribution in [0, 0.1) is 64.3 Å². The molecule has 3 fully saturated rings. The standard InChI is InChI=1S/C63H63N18O19P/c1-28(2)46-31(19-61(22-64)55(85)49(82)52(95-61)37-7-10-40-58(67)70-25-73-76(37)40)34(79(88)89)13-16-43(46)98-101(94,99-44-17-14-35(80(90)91)32(47(44)29(3)4)20-62(23-65)56(86)50(83)53(96-62)38-8-11-41-59(68)71-26-74-77(38)41)100-45-18-15-36(81(92)93)33(48(45)30(5)6)21-63(24-66)57(87)51(84)54(97-63)39-9-12-42-60(69)72-27-75-78(39)42/h7-18,25-30,49-57,82-87H,19-21H2,1-6H3,(H2,67,70,73)(H2,68,71,74)(H2,69,72,75)/t49-,50-,51-,52-,53-,54-,55-,56-,57-,61+,62+,63+/m0/s1. The van der Waals surface area contributed by atoms with E-state index in [9.17, 15) is 76.8 Å². The number of nitrogen functional groups attached to an aromatic ring is 3. The van der Waals surface area contributed by atoms with Crippen LogP contribution in [-0.4, -0.2) is 143 Å². The van der Waals surface area contributed by atoms with Crippen molar-refractivity contribution in [2.24, 2.45) is 0 Å². The lowest BCUT2D eigenvalue weighted by Crippen LogP contribution is -2.44. The molecule has 0 spiro atoms. The fraction of sp³-hybridized carbons (Fsp3) is 0.381. The van der Waals surface area contributed by atoms with Gasteiger partial charge in [-0.25, -0.2) is 28.5 Å². The summed E-state index contributed by atoms with van der Waals surface area (Å²) in [5, 5.41) is 157. The molecular formula is C63H63N18O19P. The number of hydrogen-bond acceptors (Lipinski definition) is 31. The van der Waals surface area contributed by atoms with Crippen LogP contribution in [-0.2, 0) is 38.0 Å². The van der Waals surface area contributed by atoms with Crippen LogP contribution in [0.1, 0.15) is 128 Å². The Labute approximate surface area is 569 Å². The van der Waals surface area contributed by atoms with E-state index in [1.807, 2.05) is 18.2 Å². The summed E-state index contributed by atoms with van der Waals surface area (Å²) in [5.74, 6) is -4.54. The van der Waals surface area contributed by atoms with Crippen LogP contribution < -0.4 is 30.8 Å². The quantitative estimate of drug-likeness (QED) is 0.0254. The Kier molecular flexibility index (Phi) is 17.9. The molecule has 6 aromatic heterocycles. The molecule has 3 aliphatic rings. The van der Waals surface area contributed by atoms with Crippen molar-refractivity contribution in [3.8, 4) is 35.5 Å². The molecule has 0 saturated carbocycles. The number of phosphoric ester groups is 1. The molecule has 38 heteroatoms. The molecule has 3 aliphatic heterocycles. The number of benzene rings is 3. The highest BCUT2D eigenvalue weighted by Crippen LogP contribution is 2.58. The molecule has 12 atom stereocenters. The van der Waals surface area contributed by atoms with Gasteiger partial charge in [0.1, 0.15) is 126 Å². The number of aliphatic hydroxyl groups excluding tert-OH is 6. The number of nitro benzene ring substituents is 3. The van der Waals surface area contributed by atoms with E-state index in [1.165, 1.54) is 91.5 Å². The van der Waals surface area contributed by atoms with E-state index in [1.54, 1.807) is 0 Å². The summed E-state index contributed by atoms with van der Waals surface area (Å²) in [7, 11) is -5.86. The van der Waals surface area contributed by atoms with Crippen LogP contribution in [0.2, 0.25) is 0 Å². The number of nitrogens with zero attached hydrogens (tertiary/aromatic N) is 15. The zero-order chi connectivity index (χ0) is 72.9. The van der Waals surface area contributed by atoms with Gasteiger partial charge in [0.05, 0.1) is 31.9 Å². The summed E-state index contributed by atoms with van der Waals surface area (Å²) in [6.45, 7) is 9.10. The summed E-state index contributed by atoms with van der Waals surface area (Å²) in [6.07, 6.45) is -16.1. The number of nitrogens with two attached hydrogens (primary N) is 3. The first-order valence-corrected chi connectivity index (χ1v) is 32.5. The van der Waals surface area contributed by atoms with E-state index in [0.717, 1.165) is 55.4 Å². The third-order valence-corrected chi connectivity index (χ3v) is 19.7. The number of aliphatic hydroxyl groups is 6. The first kappa shape index (κ1) is 69.7. The molecule has 3 aromatic carbocycles. The van der Waals surface area contributed by atoms with E-state index in [0.29, 0.717) is 0 Å². The van der Waals surface area contributed by atoms with E-state index in [2.05, 4.69) is 30.2 Å². The molecule has 3 saturated heterocycles. The first-order chi connectivity index (χ1) is 47.9. The topological polar surface area (TPSA) is 563 Å². The molecule has 0 unspecified atom stereocenters. The van der Waals surface area contributed by atoms with Crippen molar-refractivity contribution in [3.05, 3.63) is 173 Å². The van der Waals surface area contributed by atoms with E-state index in [4.69, 9.17) is 45.0 Å². The van der Waals surface area contributed by atoms with Gasteiger partial charge in [0.25, 0.3) is 17.1 Å². The maximum absolute atomic E-state index is 16.8. The summed E-state index contributed by atoms with van der Waals surface area (Å²) >= 11 is 0. The second-order valence-electron chi connectivity index (χ2n) is 25.4. The van der Waals surface area contributed by atoms with Crippen molar-refractivity contribution in [3.63, 3.8) is 0 Å². The minimum atomic E-state index is -5.86. The fourth-order valence-corrected chi connectivity index (χ4v) is 15.1. The largest absolute Gasteiger partial charge is 0.647 e. The van der Waals surface area contributed by atoms with Crippen molar-refractivity contribution in [1.82, 2.24) is 43.8 Å². The van der Waals surface area contributed by atoms with Gasteiger partial charge >= 0.3 is 7.82 Å². The van der Waals surface area contributed by atoms with Gasteiger partial charge in [-0.3, -0.25) is 30.3 Å². The number of aromatic nitrogens is 9. The Hall–Kier alpha value is -11.1. The van der Waals surface area contributed by atoms with Gasteiger partial charge in [0, 0.05) is 70.8 Å². The van der Waals surface area contributed by atoms with Crippen molar-refractivity contribution >= 4 is 58.9 Å². The average Bonchev–Trinajstić information content (AvgIpc) is 1.68. The molecule has 12 N–H and O–H groups in total. The Bertz CT molecular complexity index is 4560. The molecule has 524 valence electrons. The number of phosphoric acid groups is 1. The maximum atomic E-state index is 16.8. The minimum Gasteiger partial charge on any atom is -0.387 e. The molecule has 12 rings (SSSR count). The van der Waals surface area contributed by atoms with Crippen LogP contribution in [0.25, 0.3) is 16.6 Å². The van der Waals surface area contributed by atoms with Crippen molar-refractivity contribution in [2.75, 3.05) is 17.2 Å². The molecule has 0 amide bonds. The molecule has 101 heavy (non-hydrogen) atoms. The van der Waals surface area contributed by atoms with Crippen molar-refractivity contribution in [2.45, 2.75) is 150 Å². The van der Waals surface area contributed by atoms with E-state index in [-0.39, 0.29) is 67.8 Å². The normalized spacial score (nSPS) is 25.1. The summed E-state index contributed by atoms with van der Waals surface area (Å²) < 4.78 is 59.0. The number of rotatable bonds is 21. The highest BCUT2D eigenvalue weighted by atomic mass is 31.2. The van der Waals surface area contributed by atoms with Gasteiger partial charge in [0.2, 0.25) is 0 Å². The monoisotopic (exact) mass is 1410 g/mol. The van der Waals surface area contributed by atoms with Crippen LogP contribution in [0.4, 0.5) is 34.5 Å². The second kappa shape index (κ2) is 25.9. The Balaban J connectivity index is 1.01. The van der Waals surface area contributed by atoms with Gasteiger partial charge in [-0.1, -0.05) is 41.5 Å². The smallest absolute Gasteiger partial charge is 0.387 e. The third kappa shape index (κ3) is 11.6. The number of anilines is 3. The lowest BCUT2D eigenvalue weighted by atomic mass is 9.84. The third-order valence-electron chi connectivity index (χ3n) is 18.5. The highest BCUT2D eigenvalue weighted by Gasteiger charge is 2.60. The molecule has 0 aliphatic carbocycles. The van der Waals surface area contributed by atoms with Crippen LogP contribution in [0.15, 0.2) is 91.8 Å². The van der Waals surface area contributed by atoms with Crippen LogP contribution in [0.5, 0.6) is 17.2 Å². The van der Waals surface area contributed by atoms with Gasteiger partial charge in [-0.15, -0.1) is 0 Å². The SMILES string of the molecule is CC(C)c1c(OP(=O)(Oc2ccc([N+](=O)[O-])c(C[C@]3(C#N)O[C@@H](c4ccc5c(N)ncnn45)[C@H](O)[C@@H]3O)c2C(C)C)Oc2ccc([N+](=O)[O-])c(C[C@]3(C#N)O[C@@H](c4ccc5c(N)ncnn45)[C@H](O)[C@@H]3O)c2C(C)C)ccc([N+](=O)[O-])c1C[C@]1(C#N)O[C@@H](c2ccc3c(N)ncnn23)[C@H](O)[C@@H]1O. The molecule has 0 radical (unpaired) electrons. The zero-order valence-corrected chi connectivity index (χ0v) is 55.0. The molecule has 9 heterocycles. The predicted molar refractivity (Wildman–Crippen MR) is 347 cm³/mol. The lowest BCUT2D eigenvalue weighted by molar-refractivity contribution is -0.385. The summed E-state index contributed by atoms with van der Waals surface area (Å²) in [5.41, 5.74) is 7.69. The number of nitriles is 3. The van der Waals surface area contributed by atoms with Gasteiger partial charge in [-0.2, -0.15) is 35.6 Å². The lowest BCUT2D eigenvalue weighted by Gasteiger charge is -2.30. The van der Waals surface area contributed by atoms with Gasteiger partial charge in [-0.05, 0) is 72.4 Å². The summed E-state index contributed by atoms with van der Waals surface area (Å²) in [6, 6.07) is 20.2. The average molecular weight is 1410 g/mol. The molecule has 0 bridgehead atoms. The van der Waals surface area contributed by atoms with Gasteiger partial charge < -0.3 is 75.6 Å². The highest BCUT2D eigenvalue weighted by molar-refractivity contribution is 7.49. The summed E-state index contributed by atoms with van der Waals surface area (Å²) in [4.78, 5) is 49.3. The second-order valence-corrected chi connectivity index (χ2v) is 26.9. The Morgan fingerprint density at radius 3 is 0.970 bits per heavy atom. The van der Waals surface area contributed by atoms with E-state index >= 15 is 4.57 Å².